The summed E-state index contributed by atoms with van der Waals surface area (Å²) in [5, 5.41) is 0. The molecule has 2 unspecified atom stereocenters. The van der Waals surface area contributed by atoms with Crippen LogP contribution in [-0.4, -0.2) is 41.0 Å². The van der Waals surface area contributed by atoms with Gasteiger partial charge in [0.05, 0.1) is 0 Å². The van der Waals surface area contributed by atoms with Gasteiger partial charge in [0.2, 0.25) is 0 Å². The fourth-order valence-corrected chi connectivity index (χ4v) is 4.50. The van der Waals surface area contributed by atoms with E-state index in [4.69, 9.17) is 0 Å². The summed E-state index contributed by atoms with van der Waals surface area (Å²) in [6.07, 6.45) is 4.19. The van der Waals surface area contributed by atoms with Crippen molar-refractivity contribution in [3.8, 4) is 0 Å². The second-order valence-corrected chi connectivity index (χ2v) is 7.97. The molecule has 2 aliphatic heterocycles. The molecule has 1 aromatic heterocycles. The quantitative estimate of drug-likeness (QED) is 0.842. The number of aromatic nitrogens is 2. The molecular formula is C20H22F2N4. The van der Waals surface area contributed by atoms with Gasteiger partial charge in [-0.1, -0.05) is 0 Å². The van der Waals surface area contributed by atoms with Gasteiger partial charge < -0.3 is 4.90 Å². The van der Waals surface area contributed by atoms with E-state index in [1.807, 2.05) is 0 Å². The Morgan fingerprint density at radius 2 is 1.58 bits per heavy atom. The van der Waals surface area contributed by atoms with Crippen LogP contribution in [0.4, 0.5) is 14.6 Å². The number of rotatable bonds is 4. The third kappa shape index (κ3) is 3.18. The standard InChI is InChI=1S/C20H22F2N4/c21-17-3-13(4-18(22)5-17)7-25-8-15-10-26(11-16(15)9-25)20-6-19(14-1-2-14)23-12-24-20/h3-6,12,14-16H,1-2,7-11H2. The SMILES string of the molecule is Fc1cc(F)cc(CN2CC3CN(c4cc(C5CC5)ncn4)CC3C2)c1. The number of anilines is 1. The van der Waals surface area contributed by atoms with Crippen LogP contribution >= 0.6 is 0 Å². The zero-order valence-electron chi connectivity index (χ0n) is 14.6. The molecule has 2 aromatic rings. The molecular weight excluding hydrogens is 334 g/mol. The van der Waals surface area contributed by atoms with E-state index in [1.54, 1.807) is 6.33 Å². The molecule has 5 rings (SSSR count). The Kier molecular flexibility index (Phi) is 3.89. The van der Waals surface area contributed by atoms with Crippen LogP contribution in [0.15, 0.2) is 30.6 Å². The van der Waals surface area contributed by atoms with Crippen LogP contribution in [-0.2, 0) is 6.54 Å². The van der Waals surface area contributed by atoms with Crippen molar-refractivity contribution in [2.24, 2.45) is 11.8 Å². The molecule has 1 aliphatic carbocycles. The van der Waals surface area contributed by atoms with Crippen LogP contribution in [0.3, 0.4) is 0 Å². The molecule has 0 N–H and O–H groups in total. The van der Waals surface area contributed by atoms with Crippen molar-refractivity contribution < 1.29 is 8.78 Å². The predicted octanol–water partition coefficient (Wildman–Crippen LogP) is 3.20. The molecule has 0 radical (unpaired) electrons. The average Bonchev–Trinajstić information content (AvgIpc) is 3.27. The number of likely N-dealkylation sites (tertiary alicyclic amines) is 1. The van der Waals surface area contributed by atoms with E-state index >= 15 is 0 Å². The molecule has 2 saturated heterocycles. The van der Waals surface area contributed by atoms with E-state index < -0.39 is 11.6 Å². The number of hydrogen-bond donors (Lipinski definition) is 0. The van der Waals surface area contributed by atoms with Crippen LogP contribution in [0.2, 0.25) is 0 Å². The van der Waals surface area contributed by atoms with E-state index in [1.165, 1.54) is 30.7 Å². The number of hydrogen-bond acceptors (Lipinski definition) is 4. The lowest BCUT2D eigenvalue weighted by molar-refractivity contribution is 0.307. The Morgan fingerprint density at radius 1 is 0.885 bits per heavy atom. The van der Waals surface area contributed by atoms with Crippen molar-refractivity contribution in [1.82, 2.24) is 14.9 Å². The minimum atomic E-state index is -0.499. The molecule has 3 heterocycles. The summed E-state index contributed by atoms with van der Waals surface area (Å²) in [5.74, 6) is 1.87. The monoisotopic (exact) mass is 356 g/mol. The van der Waals surface area contributed by atoms with Crippen molar-refractivity contribution >= 4 is 5.82 Å². The summed E-state index contributed by atoms with van der Waals surface area (Å²) in [5.41, 5.74) is 1.89. The Labute approximate surface area is 151 Å². The summed E-state index contributed by atoms with van der Waals surface area (Å²) in [4.78, 5) is 13.6. The summed E-state index contributed by atoms with van der Waals surface area (Å²) < 4.78 is 26.8. The topological polar surface area (TPSA) is 32.3 Å². The van der Waals surface area contributed by atoms with Crippen molar-refractivity contribution in [2.75, 3.05) is 31.1 Å². The average molecular weight is 356 g/mol. The maximum atomic E-state index is 13.4. The molecule has 1 aromatic carbocycles. The summed E-state index contributed by atoms with van der Waals surface area (Å²) in [7, 11) is 0. The molecule has 0 amide bonds. The molecule has 26 heavy (non-hydrogen) atoms. The zero-order chi connectivity index (χ0) is 17.7. The third-order valence-electron chi connectivity index (χ3n) is 5.88. The fourth-order valence-electron chi connectivity index (χ4n) is 4.50. The van der Waals surface area contributed by atoms with Crippen molar-refractivity contribution in [1.29, 1.82) is 0 Å². The number of nitrogens with zero attached hydrogens (tertiary/aromatic N) is 4. The normalized spacial score (nSPS) is 25.7. The fraction of sp³-hybridized carbons (Fsp3) is 0.500. The highest BCUT2D eigenvalue weighted by molar-refractivity contribution is 5.42. The van der Waals surface area contributed by atoms with Gasteiger partial charge in [-0.2, -0.15) is 0 Å². The van der Waals surface area contributed by atoms with Crippen LogP contribution in [0, 0.1) is 23.5 Å². The van der Waals surface area contributed by atoms with E-state index in [2.05, 4.69) is 25.8 Å². The lowest BCUT2D eigenvalue weighted by Crippen LogP contribution is -2.29. The lowest BCUT2D eigenvalue weighted by Gasteiger charge is -2.22. The van der Waals surface area contributed by atoms with Gasteiger partial charge in [0.25, 0.3) is 0 Å². The highest BCUT2D eigenvalue weighted by Crippen LogP contribution is 2.40. The number of benzene rings is 1. The van der Waals surface area contributed by atoms with Gasteiger partial charge in [-0.25, -0.2) is 18.7 Å². The maximum absolute atomic E-state index is 13.4. The van der Waals surface area contributed by atoms with Gasteiger partial charge >= 0.3 is 0 Å². The third-order valence-corrected chi connectivity index (χ3v) is 5.88. The lowest BCUT2D eigenvalue weighted by atomic mass is 10.0. The molecule has 0 bridgehead atoms. The Morgan fingerprint density at radius 3 is 2.23 bits per heavy atom. The minimum Gasteiger partial charge on any atom is -0.356 e. The zero-order valence-corrected chi connectivity index (χ0v) is 14.6. The van der Waals surface area contributed by atoms with Gasteiger partial charge in [-0.05, 0) is 42.4 Å². The summed E-state index contributed by atoms with van der Waals surface area (Å²) in [6.45, 7) is 4.56. The molecule has 3 aliphatic rings. The van der Waals surface area contributed by atoms with Crippen LogP contribution in [0.5, 0.6) is 0 Å². The second-order valence-electron chi connectivity index (χ2n) is 7.97. The number of halogens is 2. The first-order valence-corrected chi connectivity index (χ1v) is 9.38. The van der Waals surface area contributed by atoms with E-state index in [0.29, 0.717) is 29.9 Å². The second kappa shape index (κ2) is 6.27. The van der Waals surface area contributed by atoms with Crippen molar-refractivity contribution in [3.05, 3.63) is 53.5 Å². The Hall–Kier alpha value is -2.08. The molecule has 4 nitrogen and oxygen atoms in total. The summed E-state index contributed by atoms with van der Waals surface area (Å²) >= 11 is 0. The van der Waals surface area contributed by atoms with Crippen LogP contribution < -0.4 is 4.90 Å². The van der Waals surface area contributed by atoms with Gasteiger partial charge in [-0.3, -0.25) is 4.90 Å². The molecule has 6 heteroatoms. The van der Waals surface area contributed by atoms with Gasteiger partial charge in [0.15, 0.2) is 0 Å². The van der Waals surface area contributed by atoms with E-state index in [9.17, 15) is 8.78 Å². The van der Waals surface area contributed by atoms with Crippen molar-refractivity contribution in [3.63, 3.8) is 0 Å². The summed E-state index contributed by atoms with van der Waals surface area (Å²) in [6, 6.07) is 5.96. The van der Waals surface area contributed by atoms with Crippen LogP contribution in [0.25, 0.3) is 0 Å². The minimum absolute atomic E-state index is 0.499. The number of fused-ring (bicyclic) bond motifs is 1. The maximum Gasteiger partial charge on any atom is 0.132 e. The van der Waals surface area contributed by atoms with Gasteiger partial charge in [-0.15, -0.1) is 0 Å². The first-order chi connectivity index (χ1) is 12.6. The largest absolute Gasteiger partial charge is 0.356 e. The van der Waals surface area contributed by atoms with Crippen molar-refractivity contribution in [2.45, 2.75) is 25.3 Å². The molecule has 2 atom stereocenters. The van der Waals surface area contributed by atoms with E-state index in [-0.39, 0.29) is 0 Å². The molecule has 136 valence electrons. The van der Waals surface area contributed by atoms with Gasteiger partial charge in [0.1, 0.15) is 23.8 Å². The molecule has 3 fully saturated rings. The highest BCUT2D eigenvalue weighted by Gasteiger charge is 2.40. The first kappa shape index (κ1) is 16.1. The molecule has 0 spiro atoms. The highest BCUT2D eigenvalue weighted by atomic mass is 19.1. The Balaban J connectivity index is 1.22. The van der Waals surface area contributed by atoms with Crippen LogP contribution in [0.1, 0.15) is 30.0 Å². The smallest absolute Gasteiger partial charge is 0.132 e. The van der Waals surface area contributed by atoms with E-state index in [0.717, 1.165) is 38.1 Å². The predicted molar refractivity (Wildman–Crippen MR) is 94.8 cm³/mol. The molecule has 1 saturated carbocycles. The Bertz CT molecular complexity index is 789. The first-order valence-electron chi connectivity index (χ1n) is 9.38. The van der Waals surface area contributed by atoms with Gasteiger partial charge in [0, 0.05) is 56.5 Å².